The van der Waals surface area contributed by atoms with Crippen LogP contribution in [0, 0.1) is 24.7 Å². The number of esters is 1. The highest BCUT2D eigenvalue weighted by molar-refractivity contribution is 5.75. The van der Waals surface area contributed by atoms with E-state index < -0.39 is 24.3 Å². The monoisotopic (exact) mass is 500 g/mol. The molecule has 7 heteroatoms. The van der Waals surface area contributed by atoms with Gasteiger partial charge in [-0.25, -0.2) is 4.79 Å². The van der Waals surface area contributed by atoms with E-state index in [1.165, 1.54) is 0 Å². The smallest absolute Gasteiger partial charge is 0.347 e. The lowest BCUT2D eigenvalue weighted by molar-refractivity contribution is -0.162. The third-order valence-electron chi connectivity index (χ3n) is 7.33. The molecule has 1 aromatic carbocycles. The molecule has 7 unspecified atom stereocenters. The number of aliphatic hydroxyl groups is 2. The maximum atomic E-state index is 13.2. The Morgan fingerprint density at radius 2 is 1.86 bits per heavy atom. The summed E-state index contributed by atoms with van der Waals surface area (Å²) in [5.41, 5.74) is 2.28. The van der Waals surface area contributed by atoms with Gasteiger partial charge in [-0.05, 0) is 75.0 Å². The van der Waals surface area contributed by atoms with Crippen LogP contribution < -0.4 is 4.74 Å². The van der Waals surface area contributed by atoms with E-state index in [0.717, 1.165) is 24.0 Å². The molecule has 0 fully saturated rings. The molecule has 0 saturated heterocycles. The van der Waals surface area contributed by atoms with Crippen molar-refractivity contribution in [3.8, 4) is 5.75 Å². The zero-order valence-electron chi connectivity index (χ0n) is 21.5. The molecule has 2 aliphatic carbocycles. The van der Waals surface area contributed by atoms with E-state index in [-0.39, 0.29) is 42.7 Å². The van der Waals surface area contributed by atoms with Gasteiger partial charge in [0.1, 0.15) is 11.9 Å². The van der Waals surface area contributed by atoms with Crippen LogP contribution in [0.1, 0.15) is 64.4 Å². The van der Waals surface area contributed by atoms with Crippen molar-refractivity contribution in [3.63, 3.8) is 0 Å². The Bertz CT molecular complexity index is 935. The Labute approximate surface area is 213 Å². The summed E-state index contributed by atoms with van der Waals surface area (Å²) in [5.74, 6) is -0.395. The third-order valence-corrected chi connectivity index (χ3v) is 7.33. The molecule has 3 N–H and O–H groups in total. The summed E-state index contributed by atoms with van der Waals surface area (Å²) < 4.78 is 12.0. The largest absolute Gasteiger partial charge is 0.481 e. The van der Waals surface area contributed by atoms with Gasteiger partial charge in [-0.1, -0.05) is 49.8 Å². The Hall–Kier alpha value is -2.64. The number of hydrogen-bond acceptors (Lipinski definition) is 6. The van der Waals surface area contributed by atoms with Gasteiger partial charge in [-0.3, -0.25) is 4.79 Å². The maximum absolute atomic E-state index is 13.2. The minimum Gasteiger partial charge on any atom is -0.481 e. The Morgan fingerprint density at radius 1 is 1.14 bits per heavy atom. The average Bonchev–Trinajstić information content (AvgIpc) is 2.82. The first kappa shape index (κ1) is 27.9. The van der Waals surface area contributed by atoms with Crippen LogP contribution >= 0.6 is 0 Å². The van der Waals surface area contributed by atoms with Crippen molar-refractivity contribution in [3.05, 3.63) is 53.6 Å². The highest BCUT2D eigenvalue weighted by Gasteiger charge is 2.40. The van der Waals surface area contributed by atoms with Gasteiger partial charge in [0, 0.05) is 5.92 Å². The molecule has 2 aliphatic rings. The van der Waals surface area contributed by atoms with Gasteiger partial charge in [0.15, 0.2) is 6.10 Å². The van der Waals surface area contributed by atoms with Gasteiger partial charge in [-0.15, -0.1) is 0 Å². The highest BCUT2D eigenvalue weighted by atomic mass is 16.6. The minimum absolute atomic E-state index is 0.0238. The fourth-order valence-corrected chi connectivity index (χ4v) is 5.36. The Morgan fingerprint density at radius 3 is 2.53 bits per heavy atom. The minimum atomic E-state index is -1.08. The second-order valence-corrected chi connectivity index (χ2v) is 10.2. The zero-order chi connectivity index (χ0) is 26.2. The molecule has 0 aliphatic heterocycles. The lowest BCUT2D eigenvalue weighted by Crippen LogP contribution is -2.42. The molecule has 0 amide bonds. The number of aliphatic hydroxyl groups excluding tert-OH is 2. The van der Waals surface area contributed by atoms with Crippen LogP contribution in [0.5, 0.6) is 5.75 Å². The highest BCUT2D eigenvalue weighted by Crippen LogP contribution is 2.44. The SMILES string of the molecule is CCC(Oc1ccc(C)cc1)C(=O)OC1CCC=C2C=CC(C)C(CCC(O)CC(O)CC(=O)O)C21. The summed E-state index contributed by atoms with van der Waals surface area (Å²) in [6, 6.07) is 7.60. The fourth-order valence-electron chi connectivity index (χ4n) is 5.36. The predicted molar refractivity (Wildman–Crippen MR) is 136 cm³/mol. The molecule has 0 aromatic heterocycles. The van der Waals surface area contributed by atoms with E-state index in [2.05, 4.69) is 25.2 Å². The van der Waals surface area contributed by atoms with Crippen molar-refractivity contribution in [1.82, 2.24) is 0 Å². The van der Waals surface area contributed by atoms with E-state index in [1.54, 1.807) is 0 Å². The van der Waals surface area contributed by atoms with E-state index in [4.69, 9.17) is 14.6 Å². The normalized spacial score (nSPS) is 25.8. The van der Waals surface area contributed by atoms with Crippen LogP contribution in [0.15, 0.2) is 48.1 Å². The second-order valence-electron chi connectivity index (χ2n) is 10.2. The number of allylic oxidation sites excluding steroid dienone is 3. The molecular weight excluding hydrogens is 460 g/mol. The number of ether oxygens (including phenoxy) is 2. The van der Waals surface area contributed by atoms with Gasteiger partial charge < -0.3 is 24.8 Å². The van der Waals surface area contributed by atoms with E-state index in [0.29, 0.717) is 25.0 Å². The molecule has 36 heavy (non-hydrogen) atoms. The molecule has 3 rings (SSSR count). The van der Waals surface area contributed by atoms with Crippen molar-refractivity contribution in [2.75, 3.05) is 0 Å². The Kier molecular flexibility index (Phi) is 10.1. The number of rotatable bonds is 12. The molecule has 0 radical (unpaired) electrons. The fraction of sp³-hybridized carbons (Fsp3) is 0.586. The van der Waals surface area contributed by atoms with Crippen LogP contribution in [-0.4, -0.2) is 51.7 Å². The summed E-state index contributed by atoms with van der Waals surface area (Å²) in [6.45, 7) is 6.03. The first-order chi connectivity index (χ1) is 17.2. The number of carbonyl (C=O) groups excluding carboxylic acids is 1. The first-order valence-corrected chi connectivity index (χ1v) is 13.1. The molecule has 1 aromatic rings. The lowest BCUT2D eigenvalue weighted by atomic mass is 9.66. The van der Waals surface area contributed by atoms with E-state index in [9.17, 15) is 19.8 Å². The summed E-state index contributed by atoms with van der Waals surface area (Å²) >= 11 is 0. The second kappa shape index (κ2) is 13.1. The molecule has 7 atom stereocenters. The molecule has 198 valence electrons. The van der Waals surface area contributed by atoms with Gasteiger partial charge in [-0.2, -0.15) is 0 Å². The predicted octanol–water partition coefficient (Wildman–Crippen LogP) is 4.59. The lowest BCUT2D eigenvalue weighted by Gasteiger charge is -2.42. The van der Waals surface area contributed by atoms with Crippen molar-refractivity contribution >= 4 is 11.9 Å². The van der Waals surface area contributed by atoms with Gasteiger partial charge in [0.25, 0.3) is 0 Å². The number of carboxylic acids is 1. The number of hydrogen-bond donors (Lipinski definition) is 3. The van der Waals surface area contributed by atoms with Gasteiger partial charge >= 0.3 is 11.9 Å². The van der Waals surface area contributed by atoms with E-state index >= 15 is 0 Å². The number of benzene rings is 1. The van der Waals surface area contributed by atoms with Crippen LogP contribution in [0.4, 0.5) is 0 Å². The van der Waals surface area contributed by atoms with Crippen molar-refractivity contribution in [1.29, 1.82) is 0 Å². The number of fused-ring (bicyclic) bond motifs is 1. The van der Waals surface area contributed by atoms with E-state index in [1.807, 2.05) is 38.1 Å². The number of carboxylic acid groups (broad SMARTS) is 1. The van der Waals surface area contributed by atoms with Crippen LogP contribution in [0.25, 0.3) is 0 Å². The molecule has 0 saturated carbocycles. The average molecular weight is 501 g/mol. The van der Waals surface area contributed by atoms with Crippen LogP contribution in [0.2, 0.25) is 0 Å². The standard InChI is InChI=1S/C29H40O7/c1-4-25(35-23-13-8-18(2)9-14-23)29(34)36-26-7-5-6-20-11-10-19(3)24(28(20)26)15-12-21(30)16-22(31)17-27(32)33/h6,8-11,13-14,19,21-22,24-26,28,30-31H,4-5,7,12,15-17H2,1-3H3,(H,32,33). The van der Waals surface area contributed by atoms with Crippen LogP contribution in [-0.2, 0) is 14.3 Å². The number of aliphatic carboxylic acids is 1. The summed E-state index contributed by atoms with van der Waals surface area (Å²) in [7, 11) is 0. The molecule has 0 heterocycles. The van der Waals surface area contributed by atoms with Crippen molar-refractivity contribution < 1.29 is 34.4 Å². The number of carbonyl (C=O) groups is 2. The van der Waals surface area contributed by atoms with Crippen molar-refractivity contribution in [2.24, 2.45) is 17.8 Å². The quantitative estimate of drug-likeness (QED) is 0.360. The summed E-state index contributed by atoms with van der Waals surface area (Å²) in [6.07, 6.45) is 6.51. The zero-order valence-corrected chi connectivity index (χ0v) is 21.5. The van der Waals surface area contributed by atoms with Crippen LogP contribution in [0.3, 0.4) is 0 Å². The molecular formula is C29H40O7. The maximum Gasteiger partial charge on any atom is 0.347 e. The summed E-state index contributed by atoms with van der Waals surface area (Å²) in [4.78, 5) is 24.0. The van der Waals surface area contributed by atoms with Crippen molar-refractivity contribution in [2.45, 2.75) is 90.1 Å². The van der Waals surface area contributed by atoms with Gasteiger partial charge in [0.05, 0.1) is 18.6 Å². The molecule has 0 spiro atoms. The first-order valence-electron chi connectivity index (χ1n) is 13.1. The molecule has 7 nitrogen and oxygen atoms in total. The third kappa shape index (κ3) is 7.68. The number of aryl methyl sites for hydroxylation is 1. The van der Waals surface area contributed by atoms with Gasteiger partial charge in [0.2, 0.25) is 0 Å². The molecule has 0 bridgehead atoms. The summed E-state index contributed by atoms with van der Waals surface area (Å²) in [5, 5.41) is 29.1. The Balaban J connectivity index is 1.65. The topological polar surface area (TPSA) is 113 Å².